The molecular formula is C16H21NO4. The number of carbonyl (C=O) groups excluding carboxylic acids is 1. The quantitative estimate of drug-likeness (QED) is 0.890. The summed E-state index contributed by atoms with van der Waals surface area (Å²) in [6.07, 6.45) is 0. The van der Waals surface area contributed by atoms with Crippen LogP contribution in [0.3, 0.4) is 0 Å². The van der Waals surface area contributed by atoms with Crippen LogP contribution in [0.4, 0.5) is 5.69 Å². The number of hydrogen-bond acceptors (Lipinski definition) is 5. The first-order valence-electron chi connectivity index (χ1n) is 6.11. The first-order chi connectivity index (χ1) is 10.0. The van der Waals surface area contributed by atoms with Gasteiger partial charge < -0.3 is 24.6 Å². The molecule has 0 heterocycles. The molecule has 0 aliphatic heterocycles. The molecule has 2 aromatic carbocycles. The normalized spacial score (nSPS) is 8.52. The minimum Gasteiger partial charge on any atom is -0.508 e. The van der Waals surface area contributed by atoms with Crippen molar-refractivity contribution in [2.75, 3.05) is 26.1 Å². The molecule has 0 amide bonds. The van der Waals surface area contributed by atoms with Crippen molar-refractivity contribution in [3.8, 4) is 17.2 Å². The van der Waals surface area contributed by atoms with Gasteiger partial charge in [-0.2, -0.15) is 0 Å². The Hall–Kier alpha value is -2.69. The Morgan fingerprint density at radius 2 is 1.48 bits per heavy atom. The first-order valence-corrected chi connectivity index (χ1v) is 6.11. The average molecular weight is 291 g/mol. The topological polar surface area (TPSA) is 70.0 Å². The number of methoxy groups -OCH3 is 1. The van der Waals surface area contributed by atoms with E-state index in [-0.39, 0.29) is 5.75 Å². The average Bonchev–Trinajstić information content (AvgIpc) is 2.50. The first kappa shape index (κ1) is 18.3. The van der Waals surface area contributed by atoms with Crippen LogP contribution in [0.1, 0.15) is 0 Å². The van der Waals surface area contributed by atoms with Gasteiger partial charge in [0.05, 0.1) is 7.11 Å². The van der Waals surface area contributed by atoms with E-state index >= 15 is 0 Å². The number of aromatic hydroxyl groups is 2. The summed E-state index contributed by atoms with van der Waals surface area (Å²) in [5.41, 5.74) is 1.01. The SMILES string of the molecule is C=O.CN(C)c1cccc(O)c1.COc1cccc(O)c1. The number of carbonyl (C=O) groups is 1. The maximum absolute atomic E-state index is 9.04. The van der Waals surface area contributed by atoms with Crippen LogP contribution in [0, 0.1) is 0 Å². The molecule has 2 aromatic rings. The van der Waals surface area contributed by atoms with Gasteiger partial charge in [0.15, 0.2) is 0 Å². The molecule has 21 heavy (non-hydrogen) atoms. The summed E-state index contributed by atoms with van der Waals surface area (Å²) in [5, 5.41) is 17.9. The maximum Gasteiger partial charge on any atom is 0.122 e. The van der Waals surface area contributed by atoms with Gasteiger partial charge in [-0.1, -0.05) is 12.1 Å². The minimum atomic E-state index is 0.231. The highest BCUT2D eigenvalue weighted by Gasteiger charge is 1.93. The third-order valence-electron chi connectivity index (χ3n) is 2.40. The number of rotatable bonds is 2. The van der Waals surface area contributed by atoms with Crippen LogP contribution in [0.5, 0.6) is 17.2 Å². The molecular weight excluding hydrogens is 270 g/mol. The van der Waals surface area contributed by atoms with Gasteiger partial charge in [-0.3, -0.25) is 0 Å². The van der Waals surface area contributed by atoms with Crippen LogP contribution >= 0.6 is 0 Å². The predicted octanol–water partition coefficient (Wildman–Crippen LogP) is 2.67. The molecule has 0 saturated carbocycles. The fraction of sp³-hybridized carbons (Fsp3) is 0.188. The number of anilines is 1. The molecule has 0 fully saturated rings. The van der Waals surface area contributed by atoms with E-state index in [0.717, 1.165) is 5.69 Å². The van der Waals surface area contributed by atoms with Gasteiger partial charge in [0.2, 0.25) is 0 Å². The van der Waals surface area contributed by atoms with Crippen molar-refractivity contribution in [1.29, 1.82) is 0 Å². The zero-order valence-corrected chi connectivity index (χ0v) is 12.5. The summed E-state index contributed by atoms with van der Waals surface area (Å²) in [6, 6.07) is 13.8. The van der Waals surface area contributed by atoms with Gasteiger partial charge in [0.1, 0.15) is 24.0 Å². The Morgan fingerprint density at radius 1 is 0.952 bits per heavy atom. The van der Waals surface area contributed by atoms with E-state index in [9.17, 15) is 0 Å². The highest BCUT2D eigenvalue weighted by atomic mass is 16.5. The predicted molar refractivity (Wildman–Crippen MR) is 84.2 cm³/mol. The summed E-state index contributed by atoms with van der Waals surface area (Å²) in [6.45, 7) is 2.00. The number of benzene rings is 2. The van der Waals surface area contributed by atoms with Crippen molar-refractivity contribution in [2.45, 2.75) is 0 Å². The monoisotopic (exact) mass is 291 g/mol. The van der Waals surface area contributed by atoms with E-state index in [0.29, 0.717) is 11.5 Å². The van der Waals surface area contributed by atoms with Crippen LogP contribution in [0.2, 0.25) is 0 Å². The molecule has 5 nitrogen and oxygen atoms in total. The summed E-state index contributed by atoms with van der Waals surface area (Å²) in [4.78, 5) is 9.94. The number of phenolic OH excluding ortho intramolecular Hbond substituents is 2. The van der Waals surface area contributed by atoms with E-state index < -0.39 is 0 Å². The van der Waals surface area contributed by atoms with Crippen molar-refractivity contribution < 1.29 is 19.7 Å². The lowest BCUT2D eigenvalue weighted by atomic mass is 10.3. The molecule has 5 heteroatoms. The van der Waals surface area contributed by atoms with E-state index in [1.54, 1.807) is 43.5 Å². The van der Waals surface area contributed by atoms with Crippen LogP contribution < -0.4 is 9.64 Å². The summed E-state index contributed by atoms with van der Waals surface area (Å²) in [5.74, 6) is 1.22. The zero-order valence-electron chi connectivity index (χ0n) is 12.5. The number of phenols is 2. The van der Waals surface area contributed by atoms with Crippen molar-refractivity contribution in [3.05, 3.63) is 48.5 Å². The van der Waals surface area contributed by atoms with Gasteiger partial charge in [-0.25, -0.2) is 0 Å². The van der Waals surface area contributed by atoms with E-state index in [1.165, 1.54) is 0 Å². The third kappa shape index (κ3) is 7.47. The molecule has 0 aliphatic carbocycles. The van der Waals surface area contributed by atoms with Crippen molar-refractivity contribution >= 4 is 12.5 Å². The molecule has 0 aliphatic rings. The molecule has 0 spiro atoms. The molecule has 0 unspecified atom stereocenters. The summed E-state index contributed by atoms with van der Waals surface area (Å²) in [7, 11) is 5.44. The number of nitrogens with zero attached hydrogens (tertiary/aromatic N) is 1. The lowest BCUT2D eigenvalue weighted by molar-refractivity contribution is -0.0979. The molecule has 114 valence electrons. The second-order valence-corrected chi connectivity index (χ2v) is 4.12. The zero-order chi connectivity index (χ0) is 16.3. The van der Waals surface area contributed by atoms with Gasteiger partial charge in [-0.05, 0) is 24.3 Å². The Bertz CT molecular complexity index is 529. The van der Waals surface area contributed by atoms with E-state index in [2.05, 4.69) is 0 Å². The fourth-order valence-electron chi connectivity index (χ4n) is 1.38. The van der Waals surface area contributed by atoms with Gasteiger partial charge in [0.25, 0.3) is 0 Å². The summed E-state index contributed by atoms with van der Waals surface area (Å²) < 4.78 is 4.84. The molecule has 2 rings (SSSR count). The van der Waals surface area contributed by atoms with E-state index in [4.69, 9.17) is 19.7 Å². The largest absolute Gasteiger partial charge is 0.508 e. The number of hydrogen-bond donors (Lipinski definition) is 2. The van der Waals surface area contributed by atoms with Crippen molar-refractivity contribution in [2.24, 2.45) is 0 Å². The van der Waals surface area contributed by atoms with Crippen LogP contribution in [0.15, 0.2) is 48.5 Å². The van der Waals surface area contributed by atoms with Gasteiger partial charge in [-0.15, -0.1) is 0 Å². The molecule has 0 atom stereocenters. The highest BCUT2D eigenvalue weighted by molar-refractivity contribution is 5.48. The van der Waals surface area contributed by atoms with Crippen molar-refractivity contribution in [1.82, 2.24) is 0 Å². The van der Waals surface area contributed by atoms with Crippen LogP contribution in [0.25, 0.3) is 0 Å². The lowest BCUT2D eigenvalue weighted by Gasteiger charge is -2.11. The van der Waals surface area contributed by atoms with Gasteiger partial charge >= 0.3 is 0 Å². The Labute approximate surface area is 125 Å². The lowest BCUT2D eigenvalue weighted by Crippen LogP contribution is -2.07. The third-order valence-corrected chi connectivity index (χ3v) is 2.40. The molecule has 2 N–H and O–H groups in total. The fourth-order valence-corrected chi connectivity index (χ4v) is 1.38. The Morgan fingerprint density at radius 3 is 1.81 bits per heavy atom. The van der Waals surface area contributed by atoms with E-state index in [1.807, 2.05) is 37.9 Å². The molecule has 0 aromatic heterocycles. The highest BCUT2D eigenvalue weighted by Crippen LogP contribution is 2.17. The van der Waals surface area contributed by atoms with Crippen molar-refractivity contribution in [3.63, 3.8) is 0 Å². The smallest absolute Gasteiger partial charge is 0.122 e. The Kier molecular flexibility index (Phi) is 8.84. The summed E-state index contributed by atoms with van der Waals surface area (Å²) >= 11 is 0. The maximum atomic E-state index is 9.04. The van der Waals surface area contributed by atoms with Crippen LogP contribution in [-0.4, -0.2) is 38.2 Å². The van der Waals surface area contributed by atoms with Gasteiger partial charge in [0, 0.05) is 31.9 Å². The molecule has 0 bridgehead atoms. The molecule has 0 saturated heterocycles. The minimum absolute atomic E-state index is 0.231. The number of ether oxygens (including phenoxy) is 1. The molecule has 0 radical (unpaired) electrons. The van der Waals surface area contributed by atoms with Crippen LogP contribution in [-0.2, 0) is 4.79 Å². The second-order valence-electron chi connectivity index (χ2n) is 4.12. The second kappa shape index (κ2) is 10.1. The standard InChI is InChI=1S/C8H11NO.C7H8O2.CH2O/c1-9(2)7-4-3-5-8(10)6-7;1-9-7-4-2-3-6(8)5-7;1-2/h3-6,10H,1-2H3;2-5,8H,1H3;1H2. The Balaban J connectivity index is 0.000000342.